The van der Waals surface area contributed by atoms with Crippen molar-refractivity contribution in [3.8, 4) is 0 Å². The van der Waals surface area contributed by atoms with E-state index in [0.29, 0.717) is 18.5 Å². The molecule has 2 heterocycles. The van der Waals surface area contributed by atoms with Crippen molar-refractivity contribution in [2.24, 2.45) is 0 Å². The molecule has 0 unspecified atom stereocenters. The highest BCUT2D eigenvalue weighted by Gasteiger charge is 2.29. The van der Waals surface area contributed by atoms with E-state index >= 15 is 0 Å². The van der Waals surface area contributed by atoms with E-state index in [9.17, 15) is 4.79 Å². The maximum absolute atomic E-state index is 12.0. The Hall–Kier alpha value is -2.17. The Labute approximate surface area is 155 Å². The van der Waals surface area contributed by atoms with Gasteiger partial charge in [-0.3, -0.25) is 9.69 Å². The van der Waals surface area contributed by atoms with Crippen LogP contribution in [0.5, 0.6) is 0 Å². The molecule has 0 aliphatic carbocycles. The molecule has 0 saturated carbocycles. The lowest BCUT2D eigenvalue weighted by Crippen LogP contribution is -2.37. The molecular formula is C22H27N3O. The molecule has 1 fully saturated rings. The highest BCUT2D eigenvalue weighted by atomic mass is 16.1. The fourth-order valence-electron chi connectivity index (χ4n) is 4.24. The average Bonchev–Trinajstić information content (AvgIpc) is 3.15. The van der Waals surface area contributed by atoms with Crippen LogP contribution < -0.4 is 10.6 Å². The molecule has 26 heavy (non-hydrogen) atoms. The lowest BCUT2D eigenvalue weighted by molar-refractivity contribution is -0.116. The third-order valence-electron chi connectivity index (χ3n) is 5.81. The number of nitrogens with one attached hydrogen (secondary N) is 2. The van der Waals surface area contributed by atoms with E-state index < -0.39 is 0 Å². The molecule has 4 rings (SSSR count). The van der Waals surface area contributed by atoms with Crippen LogP contribution in [0.25, 0.3) is 0 Å². The minimum absolute atomic E-state index is 0.126. The quantitative estimate of drug-likeness (QED) is 0.868. The number of carbonyl (C=O) groups excluding carboxylic acids is 1. The van der Waals surface area contributed by atoms with Gasteiger partial charge in [-0.15, -0.1) is 0 Å². The Morgan fingerprint density at radius 1 is 1.15 bits per heavy atom. The second-order valence-electron chi connectivity index (χ2n) is 7.51. The number of benzene rings is 2. The number of hydrogen-bond acceptors (Lipinski definition) is 3. The van der Waals surface area contributed by atoms with Gasteiger partial charge >= 0.3 is 0 Å². The van der Waals surface area contributed by atoms with E-state index in [2.05, 4.69) is 64.9 Å². The van der Waals surface area contributed by atoms with Gasteiger partial charge in [-0.25, -0.2) is 0 Å². The minimum atomic E-state index is 0.126. The second kappa shape index (κ2) is 7.60. The van der Waals surface area contributed by atoms with Crippen molar-refractivity contribution in [3.63, 3.8) is 0 Å². The van der Waals surface area contributed by atoms with Gasteiger partial charge in [-0.1, -0.05) is 48.5 Å². The standard InChI is InChI=1S/C22H27N3O/c1-16(17-7-3-2-4-8-17)25-12-11-19(15-25)23-14-18-13-22(26)24-21-10-6-5-9-20(18)21/h2-10,16,18-19,23H,11-15H2,1H3,(H,24,26)/t16-,18+,19+/m1/s1. The van der Waals surface area contributed by atoms with Crippen molar-refractivity contribution in [1.82, 2.24) is 10.2 Å². The highest BCUT2D eigenvalue weighted by molar-refractivity contribution is 5.94. The molecular weight excluding hydrogens is 322 g/mol. The highest BCUT2D eigenvalue weighted by Crippen LogP contribution is 2.32. The van der Waals surface area contributed by atoms with Crippen LogP contribution in [-0.4, -0.2) is 36.5 Å². The number of nitrogens with zero attached hydrogens (tertiary/aromatic N) is 1. The van der Waals surface area contributed by atoms with E-state index in [-0.39, 0.29) is 11.8 Å². The summed E-state index contributed by atoms with van der Waals surface area (Å²) in [7, 11) is 0. The number of carbonyl (C=O) groups is 1. The summed E-state index contributed by atoms with van der Waals surface area (Å²) in [5, 5.41) is 6.71. The zero-order valence-electron chi connectivity index (χ0n) is 15.3. The average molecular weight is 349 g/mol. The van der Waals surface area contributed by atoms with E-state index in [1.54, 1.807) is 0 Å². The maximum atomic E-state index is 12.0. The van der Waals surface area contributed by atoms with Crippen molar-refractivity contribution in [2.75, 3.05) is 25.0 Å². The largest absolute Gasteiger partial charge is 0.326 e. The molecule has 4 nitrogen and oxygen atoms in total. The molecule has 2 aliphatic rings. The van der Waals surface area contributed by atoms with Crippen LogP contribution in [0.1, 0.15) is 42.9 Å². The molecule has 4 heteroatoms. The van der Waals surface area contributed by atoms with Gasteiger partial charge in [-0.05, 0) is 30.5 Å². The first-order valence-electron chi connectivity index (χ1n) is 9.62. The lowest BCUT2D eigenvalue weighted by Gasteiger charge is -2.28. The molecule has 0 aromatic heterocycles. The van der Waals surface area contributed by atoms with Crippen LogP contribution in [-0.2, 0) is 4.79 Å². The Kier molecular flexibility index (Phi) is 5.05. The SMILES string of the molecule is C[C@H](c1ccccc1)N1CC[C@H](NC[C@@H]2CC(=O)Nc3ccccc32)C1. The normalized spacial score (nSPS) is 24.1. The fraction of sp³-hybridized carbons (Fsp3) is 0.409. The third kappa shape index (κ3) is 3.67. The summed E-state index contributed by atoms with van der Waals surface area (Å²) >= 11 is 0. The smallest absolute Gasteiger partial charge is 0.225 e. The molecule has 0 spiro atoms. The number of amides is 1. The zero-order valence-corrected chi connectivity index (χ0v) is 15.3. The topological polar surface area (TPSA) is 44.4 Å². The number of anilines is 1. The third-order valence-corrected chi connectivity index (χ3v) is 5.81. The van der Waals surface area contributed by atoms with Gasteiger partial charge < -0.3 is 10.6 Å². The number of likely N-dealkylation sites (tertiary alicyclic amines) is 1. The Balaban J connectivity index is 1.34. The second-order valence-corrected chi connectivity index (χ2v) is 7.51. The van der Waals surface area contributed by atoms with Gasteiger partial charge in [0.15, 0.2) is 0 Å². The van der Waals surface area contributed by atoms with Crippen LogP contribution in [0.2, 0.25) is 0 Å². The van der Waals surface area contributed by atoms with Crippen LogP contribution in [0.3, 0.4) is 0 Å². The molecule has 2 aromatic carbocycles. The summed E-state index contributed by atoms with van der Waals surface area (Å²) in [6, 6.07) is 19.8. The lowest BCUT2D eigenvalue weighted by atomic mass is 9.90. The van der Waals surface area contributed by atoms with Gasteiger partial charge in [-0.2, -0.15) is 0 Å². The van der Waals surface area contributed by atoms with Gasteiger partial charge in [0.05, 0.1) is 0 Å². The Morgan fingerprint density at radius 2 is 1.92 bits per heavy atom. The van der Waals surface area contributed by atoms with Crippen molar-refractivity contribution in [1.29, 1.82) is 0 Å². The number of para-hydroxylation sites is 1. The fourth-order valence-corrected chi connectivity index (χ4v) is 4.24. The van der Waals surface area contributed by atoms with Crippen LogP contribution in [0.15, 0.2) is 54.6 Å². The summed E-state index contributed by atoms with van der Waals surface area (Å²) in [6.45, 7) is 5.34. The monoisotopic (exact) mass is 349 g/mol. The molecule has 136 valence electrons. The van der Waals surface area contributed by atoms with Crippen molar-refractivity contribution in [2.45, 2.75) is 37.8 Å². The molecule has 0 radical (unpaired) electrons. The van der Waals surface area contributed by atoms with Crippen LogP contribution >= 0.6 is 0 Å². The van der Waals surface area contributed by atoms with E-state index in [4.69, 9.17) is 0 Å². The van der Waals surface area contributed by atoms with Crippen molar-refractivity contribution >= 4 is 11.6 Å². The molecule has 3 atom stereocenters. The van der Waals surface area contributed by atoms with E-state index in [1.807, 2.05) is 12.1 Å². The maximum Gasteiger partial charge on any atom is 0.225 e. The first kappa shape index (κ1) is 17.3. The summed E-state index contributed by atoms with van der Waals surface area (Å²) < 4.78 is 0. The summed E-state index contributed by atoms with van der Waals surface area (Å²) in [4.78, 5) is 14.5. The van der Waals surface area contributed by atoms with Crippen molar-refractivity contribution in [3.05, 3.63) is 65.7 Å². The van der Waals surface area contributed by atoms with Gasteiger partial charge in [0.2, 0.25) is 5.91 Å². The summed E-state index contributed by atoms with van der Waals surface area (Å²) in [5.74, 6) is 0.391. The summed E-state index contributed by atoms with van der Waals surface area (Å²) in [5.41, 5.74) is 3.61. The number of hydrogen-bond donors (Lipinski definition) is 2. The predicted molar refractivity (Wildman–Crippen MR) is 105 cm³/mol. The minimum Gasteiger partial charge on any atom is -0.326 e. The van der Waals surface area contributed by atoms with Gasteiger partial charge in [0, 0.05) is 49.7 Å². The van der Waals surface area contributed by atoms with Crippen LogP contribution in [0.4, 0.5) is 5.69 Å². The van der Waals surface area contributed by atoms with Gasteiger partial charge in [0.25, 0.3) is 0 Å². The molecule has 2 aliphatic heterocycles. The van der Waals surface area contributed by atoms with E-state index in [1.165, 1.54) is 11.1 Å². The molecule has 2 aromatic rings. The number of fused-ring (bicyclic) bond motifs is 1. The van der Waals surface area contributed by atoms with Gasteiger partial charge in [0.1, 0.15) is 0 Å². The Morgan fingerprint density at radius 3 is 2.77 bits per heavy atom. The zero-order chi connectivity index (χ0) is 17.9. The molecule has 0 bridgehead atoms. The molecule has 2 N–H and O–H groups in total. The Bertz CT molecular complexity index is 761. The molecule has 1 amide bonds. The first-order valence-corrected chi connectivity index (χ1v) is 9.62. The van der Waals surface area contributed by atoms with Crippen LogP contribution in [0, 0.1) is 0 Å². The molecule has 1 saturated heterocycles. The van der Waals surface area contributed by atoms with E-state index in [0.717, 1.165) is 31.7 Å². The van der Waals surface area contributed by atoms with Crippen molar-refractivity contribution < 1.29 is 4.79 Å². The predicted octanol–water partition coefficient (Wildman–Crippen LogP) is 3.54. The summed E-state index contributed by atoms with van der Waals surface area (Å²) in [6.07, 6.45) is 1.73. The first-order chi connectivity index (χ1) is 12.7. The number of rotatable bonds is 5.